The van der Waals surface area contributed by atoms with Crippen LogP contribution in [-0.4, -0.2) is 16.8 Å². The zero-order valence-corrected chi connectivity index (χ0v) is 16.3. The Balaban J connectivity index is 1.44. The highest BCUT2D eigenvalue weighted by Gasteiger charge is 2.13. The molecule has 3 N–H and O–H groups in total. The van der Waals surface area contributed by atoms with Gasteiger partial charge in [-0.1, -0.05) is 24.3 Å². The summed E-state index contributed by atoms with van der Waals surface area (Å²) in [5, 5.41) is 5.91. The highest BCUT2D eigenvalue weighted by molar-refractivity contribution is 6.04. The van der Waals surface area contributed by atoms with E-state index in [0.717, 1.165) is 5.56 Å². The minimum Gasteiger partial charge on any atom is -0.360 e. The second-order valence-electron chi connectivity index (χ2n) is 6.92. The Labute approximate surface area is 176 Å². The third-order valence-corrected chi connectivity index (χ3v) is 4.78. The molecule has 1 heterocycles. The average Bonchev–Trinajstić information content (AvgIpc) is 2.78. The van der Waals surface area contributed by atoms with Crippen molar-refractivity contribution < 1.29 is 14.0 Å². The monoisotopic (exact) mass is 415 g/mol. The minimum absolute atomic E-state index is 0.0273. The standard InChI is InChI=1S/C24H18FN3O3/c25-17-10-8-16(9-11-17)23(30)28-18-5-3-4-15(12-18)13-27-24(31)20-14-26-21-7-2-1-6-19(21)22(20)29/h1-12,14H,13H2,(H,26,29)(H,27,31)(H,28,30). The van der Waals surface area contributed by atoms with Crippen LogP contribution in [0.5, 0.6) is 0 Å². The molecule has 4 rings (SSSR count). The van der Waals surface area contributed by atoms with E-state index in [1.165, 1.54) is 30.5 Å². The number of fused-ring (bicyclic) bond motifs is 1. The number of para-hydroxylation sites is 1. The van der Waals surface area contributed by atoms with Crippen molar-refractivity contribution in [2.45, 2.75) is 6.54 Å². The number of nitrogens with one attached hydrogen (secondary N) is 3. The van der Waals surface area contributed by atoms with Crippen LogP contribution >= 0.6 is 0 Å². The van der Waals surface area contributed by atoms with Crippen LogP contribution < -0.4 is 16.1 Å². The summed E-state index contributed by atoms with van der Waals surface area (Å²) in [7, 11) is 0. The number of benzene rings is 3. The Morgan fingerprint density at radius 1 is 0.903 bits per heavy atom. The fraction of sp³-hybridized carbons (Fsp3) is 0.0417. The first-order chi connectivity index (χ1) is 15.0. The van der Waals surface area contributed by atoms with Gasteiger partial charge in [0.2, 0.25) is 5.43 Å². The van der Waals surface area contributed by atoms with Gasteiger partial charge in [0.05, 0.1) is 0 Å². The van der Waals surface area contributed by atoms with E-state index in [1.807, 2.05) is 0 Å². The molecule has 1 aromatic heterocycles. The molecule has 0 radical (unpaired) electrons. The summed E-state index contributed by atoms with van der Waals surface area (Å²) >= 11 is 0. The van der Waals surface area contributed by atoms with E-state index in [9.17, 15) is 18.8 Å². The number of halogens is 1. The molecule has 0 fully saturated rings. The molecule has 0 atom stereocenters. The largest absolute Gasteiger partial charge is 0.360 e. The lowest BCUT2D eigenvalue weighted by atomic mass is 10.1. The molecule has 0 spiro atoms. The van der Waals surface area contributed by atoms with Crippen LogP contribution in [0.2, 0.25) is 0 Å². The lowest BCUT2D eigenvalue weighted by molar-refractivity contribution is 0.0948. The smallest absolute Gasteiger partial charge is 0.257 e. The van der Waals surface area contributed by atoms with Crippen LogP contribution in [0.1, 0.15) is 26.3 Å². The molecule has 0 bridgehead atoms. The fourth-order valence-corrected chi connectivity index (χ4v) is 3.18. The summed E-state index contributed by atoms with van der Waals surface area (Å²) in [6, 6.07) is 19.2. The van der Waals surface area contributed by atoms with Crippen molar-refractivity contribution in [1.82, 2.24) is 10.3 Å². The molecule has 4 aromatic rings. The number of carbonyl (C=O) groups is 2. The molecule has 6 nitrogen and oxygen atoms in total. The van der Waals surface area contributed by atoms with Crippen LogP contribution in [0.3, 0.4) is 0 Å². The lowest BCUT2D eigenvalue weighted by Gasteiger charge is -2.09. The normalized spacial score (nSPS) is 10.6. The van der Waals surface area contributed by atoms with Gasteiger partial charge in [-0.05, 0) is 54.1 Å². The number of carbonyl (C=O) groups excluding carboxylic acids is 2. The van der Waals surface area contributed by atoms with E-state index >= 15 is 0 Å². The van der Waals surface area contributed by atoms with Crippen molar-refractivity contribution in [3.8, 4) is 0 Å². The fourth-order valence-electron chi connectivity index (χ4n) is 3.18. The quantitative estimate of drug-likeness (QED) is 0.462. The maximum absolute atomic E-state index is 13.0. The molecule has 0 saturated heterocycles. The van der Waals surface area contributed by atoms with Gasteiger partial charge in [-0.15, -0.1) is 0 Å². The second-order valence-corrected chi connectivity index (χ2v) is 6.92. The number of anilines is 1. The van der Waals surface area contributed by atoms with Crippen molar-refractivity contribution in [2.24, 2.45) is 0 Å². The van der Waals surface area contributed by atoms with E-state index in [2.05, 4.69) is 15.6 Å². The minimum atomic E-state index is -0.493. The van der Waals surface area contributed by atoms with E-state index in [0.29, 0.717) is 22.2 Å². The Morgan fingerprint density at radius 2 is 1.68 bits per heavy atom. The molecule has 0 saturated carbocycles. The Kier molecular flexibility index (Phi) is 5.57. The van der Waals surface area contributed by atoms with Crippen LogP contribution in [-0.2, 0) is 6.54 Å². The molecular weight excluding hydrogens is 397 g/mol. The van der Waals surface area contributed by atoms with Gasteiger partial charge in [-0.2, -0.15) is 0 Å². The topological polar surface area (TPSA) is 91.1 Å². The number of hydrogen-bond acceptors (Lipinski definition) is 3. The Bertz CT molecular complexity index is 1330. The second kappa shape index (κ2) is 8.62. The van der Waals surface area contributed by atoms with Crippen LogP contribution in [0.25, 0.3) is 10.9 Å². The molecular formula is C24H18FN3O3. The predicted octanol–water partition coefficient (Wildman–Crippen LogP) is 3.85. The van der Waals surface area contributed by atoms with Crippen LogP contribution in [0.15, 0.2) is 83.8 Å². The van der Waals surface area contributed by atoms with E-state index in [4.69, 9.17) is 0 Å². The number of aromatic amines is 1. The van der Waals surface area contributed by atoms with Crippen molar-refractivity contribution in [3.63, 3.8) is 0 Å². The summed E-state index contributed by atoms with van der Waals surface area (Å²) in [5.41, 5.74) is 1.95. The summed E-state index contributed by atoms with van der Waals surface area (Å²) in [4.78, 5) is 40.3. The van der Waals surface area contributed by atoms with Crippen molar-refractivity contribution in [1.29, 1.82) is 0 Å². The summed E-state index contributed by atoms with van der Waals surface area (Å²) < 4.78 is 13.0. The number of rotatable bonds is 5. The summed E-state index contributed by atoms with van der Waals surface area (Å²) in [6.07, 6.45) is 1.40. The highest BCUT2D eigenvalue weighted by atomic mass is 19.1. The van der Waals surface area contributed by atoms with Crippen LogP contribution in [0, 0.1) is 5.82 Å². The zero-order valence-electron chi connectivity index (χ0n) is 16.3. The maximum atomic E-state index is 13.0. The Morgan fingerprint density at radius 3 is 2.48 bits per heavy atom. The number of aromatic nitrogens is 1. The number of amides is 2. The van der Waals surface area contributed by atoms with Gasteiger partial charge >= 0.3 is 0 Å². The van der Waals surface area contributed by atoms with Gasteiger partial charge in [0.15, 0.2) is 0 Å². The van der Waals surface area contributed by atoms with Crippen molar-refractivity contribution in [2.75, 3.05) is 5.32 Å². The first kappa shape index (κ1) is 20.0. The molecule has 31 heavy (non-hydrogen) atoms. The molecule has 3 aromatic carbocycles. The average molecular weight is 415 g/mol. The Hall–Kier alpha value is -4.26. The van der Waals surface area contributed by atoms with Gasteiger partial charge < -0.3 is 15.6 Å². The van der Waals surface area contributed by atoms with Crippen molar-refractivity contribution >= 4 is 28.4 Å². The van der Waals surface area contributed by atoms with Gasteiger partial charge in [0.1, 0.15) is 11.4 Å². The van der Waals surface area contributed by atoms with Gasteiger partial charge in [0.25, 0.3) is 11.8 Å². The number of hydrogen-bond donors (Lipinski definition) is 3. The third kappa shape index (κ3) is 4.51. The number of pyridine rings is 1. The van der Waals surface area contributed by atoms with Gasteiger partial charge in [-0.3, -0.25) is 14.4 Å². The van der Waals surface area contributed by atoms with E-state index in [1.54, 1.807) is 48.5 Å². The maximum Gasteiger partial charge on any atom is 0.257 e. The molecule has 2 amide bonds. The first-order valence-electron chi connectivity index (χ1n) is 9.56. The number of H-pyrrole nitrogens is 1. The lowest BCUT2D eigenvalue weighted by Crippen LogP contribution is -2.28. The molecule has 0 aliphatic carbocycles. The zero-order chi connectivity index (χ0) is 21.8. The SMILES string of the molecule is O=C(Nc1cccc(CNC(=O)c2c[nH]c3ccccc3c2=O)c1)c1ccc(F)cc1. The third-order valence-electron chi connectivity index (χ3n) is 4.78. The van der Waals surface area contributed by atoms with Crippen molar-refractivity contribution in [3.05, 3.63) is 112 Å². The molecule has 154 valence electrons. The van der Waals surface area contributed by atoms with Gasteiger partial charge in [0, 0.05) is 34.9 Å². The van der Waals surface area contributed by atoms with Gasteiger partial charge in [-0.25, -0.2) is 4.39 Å². The summed E-state index contributed by atoms with van der Waals surface area (Å²) in [5.74, 6) is -1.28. The molecule has 0 aliphatic heterocycles. The first-order valence-corrected chi connectivity index (χ1v) is 9.56. The van der Waals surface area contributed by atoms with E-state index < -0.39 is 11.7 Å². The molecule has 7 heteroatoms. The molecule has 0 unspecified atom stereocenters. The predicted molar refractivity (Wildman–Crippen MR) is 117 cm³/mol. The highest BCUT2D eigenvalue weighted by Crippen LogP contribution is 2.13. The molecule has 0 aliphatic rings. The van der Waals surface area contributed by atoms with E-state index in [-0.39, 0.29) is 23.4 Å². The van der Waals surface area contributed by atoms with Crippen LogP contribution in [0.4, 0.5) is 10.1 Å². The summed E-state index contributed by atoms with van der Waals surface area (Å²) in [6.45, 7) is 0.172.